The van der Waals surface area contributed by atoms with Crippen molar-refractivity contribution in [2.75, 3.05) is 13.2 Å². The number of nitrogens with one attached hydrogen (secondary N) is 1. The highest BCUT2D eigenvalue weighted by molar-refractivity contribution is 6.30. The molecule has 0 aliphatic heterocycles. The van der Waals surface area contributed by atoms with E-state index in [0.717, 1.165) is 24.2 Å². The van der Waals surface area contributed by atoms with E-state index in [4.69, 9.17) is 16.3 Å². The van der Waals surface area contributed by atoms with E-state index in [9.17, 15) is 0 Å². The summed E-state index contributed by atoms with van der Waals surface area (Å²) in [5.74, 6) is 0. The number of nitrogens with zero attached hydrogens (tertiary/aromatic N) is 2. The molecule has 4 nitrogen and oxygen atoms in total. The van der Waals surface area contributed by atoms with Gasteiger partial charge < -0.3 is 10.1 Å². The molecular weight excluding hydrogens is 262 g/mol. The fourth-order valence-corrected chi connectivity index (χ4v) is 2.64. The van der Waals surface area contributed by atoms with Crippen LogP contribution in [-0.4, -0.2) is 34.6 Å². The first kappa shape index (κ1) is 16.5. The van der Waals surface area contributed by atoms with Crippen LogP contribution in [0.3, 0.4) is 0 Å². The predicted octanol–water partition coefficient (Wildman–Crippen LogP) is 2.72. The molecule has 1 rings (SSSR count). The zero-order valence-corrected chi connectivity index (χ0v) is 13.6. The Morgan fingerprint density at radius 2 is 2.05 bits per heavy atom. The van der Waals surface area contributed by atoms with Crippen molar-refractivity contribution in [2.24, 2.45) is 7.05 Å². The molecule has 0 bridgehead atoms. The van der Waals surface area contributed by atoms with Crippen LogP contribution in [0.5, 0.6) is 0 Å². The molecule has 5 heteroatoms. The molecule has 1 aromatic heterocycles. The maximum atomic E-state index is 6.32. The standard InChI is InChI=1S/C14H26ClN3O/c1-7-16-12(14(4,5)19-8-2)9-11-10(3)17-18(6)13(11)15/h12,16H,7-9H2,1-6H3. The van der Waals surface area contributed by atoms with Crippen LogP contribution in [0.15, 0.2) is 0 Å². The van der Waals surface area contributed by atoms with Gasteiger partial charge in [-0.1, -0.05) is 18.5 Å². The third kappa shape index (κ3) is 3.94. The maximum absolute atomic E-state index is 6.32. The quantitative estimate of drug-likeness (QED) is 0.838. The summed E-state index contributed by atoms with van der Waals surface area (Å²) in [5, 5.41) is 8.58. The van der Waals surface area contributed by atoms with Crippen LogP contribution in [0.1, 0.15) is 39.0 Å². The molecule has 110 valence electrons. The zero-order valence-electron chi connectivity index (χ0n) is 12.9. The highest BCUT2D eigenvalue weighted by Gasteiger charge is 2.31. The average Bonchev–Trinajstić information content (AvgIpc) is 2.55. The smallest absolute Gasteiger partial charge is 0.130 e. The van der Waals surface area contributed by atoms with Crippen LogP contribution in [-0.2, 0) is 18.2 Å². The van der Waals surface area contributed by atoms with Gasteiger partial charge in [0.2, 0.25) is 0 Å². The summed E-state index contributed by atoms with van der Waals surface area (Å²) in [6, 6.07) is 0.206. The lowest BCUT2D eigenvalue weighted by atomic mass is 9.92. The summed E-state index contributed by atoms with van der Waals surface area (Å²) >= 11 is 6.32. The number of aryl methyl sites for hydroxylation is 2. The van der Waals surface area contributed by atoms with E-state index >= 15 is 0 Å². The van der Waals surface area contributed by atoms with E-state index in [1.54, 1.807) is 4.68 Å². The van der Waals surface area contributed by atoms with Crippen LogP contribution < -0.4 is 5.32 Å². The second-order valence-electron chi connectivity index (χ2n) is 5.33. The molecule has 0 aromatic carbocycles. The predicted molar refractivity (Wildman–Crippen MR) is 79.8 cm³/mol. The summed E-state index contributed by atoms with van der Waals surface area (Å²) in [7, 11) is 1.87. The third-order valence-corrected chi connectivity index (χ3v) is 3.96. The first-order chi connectivity index (χ1) is 8.83. The Hall–Kier alpha value is -0.580. The lowest BCUT2D eigenvalue weighted by Gasteiger charge is -2.35. The van der Waals surface area contributed by atoms with E-state index in [-0.39, 0.29) is 11.6 Å². The van der Waals surface area contributed by atoms with Gasteiger partial charge in [0.05, 0.1) is 11.3 Å². The minimum atomic E-state index is -0.240. The molecule has 0 saturated heterocycles. The van der Waals surface area contributed by atoms with Crippen LogP contribution >= 0.6 is 11.6 Å². The van der Waals surface area contributed by atoms with Gasteiger partial charge in [-0.3, -0.25) is 4.68 Å². The monoisotopic (exact) mass is 287 g/mol. The van der Waals surface area contributed by atoms with Crippen molar-refractivity contribution in [3.8, 4) is 0 Å². The molecule has 0 radical (unpaired) electrons. The minimum absolute atomic E-state index is 0.206. The van der Waals surface area contributed by atoms with Gasteiger partial charge in [-0.25, -0.2) is 0 Å². The van der Waals surface area contributed by atoms with Gasteiger partial charge in [-0.2, -0.15) is 5.10 Å². The number of hydrogen-bond donors (Lipinski definition) is 1. The Morgan fingerprint density at radius 1 is 1.42 bits per heavy atom. The summed E-state index contributed by atoms with van der Waals surface area (Å²) in [6.45, 7) is 12.0. The summed E-state index contributed by atoms with van der Waals surface area (Å²) in [6.07, 6.45) is 0.819. The molecule has 0 amide bonds. The van der Waals surface area contributed by atoms with Crippen molar-refractivity contribution < 1.29 is 4.74 Å². The molecule has 1 unspecified atom stereocenters. The fraction of sp³-hybridized carbons (Fsp3) is 0.786. The molecule has 19 heavy (non-hydrogen) atoms. The van der Waals surface area contributed by atoms with Gasteiger partial charge in [-0.15, -0.1) is 0 Å². The van der Waals surface area contributed by atoms with Crippen molar-refractivity contribution in [3.05, 3.63) is 16.4 Å². The topological polar surface area (TPSA) is 39.1 Å². The first-order valence-electron chi connectivity index (χ1n) is 6.88. The molecule has 1 N–H and O–H groups in total. The number of likely N-dealkylation sites (N-methyl/N-ethyl adjacent to an activating group) is 1. The van der Waals surface area contributed by atoms with E-state index < -0.39 is 0 Å². The van der Waals surface area contributed by atoms with Crippen molar-refractivity contribution in [3.63, 3.8) is 0 Å². The number of ether oxygens (including phenoxy) is 1. The van der Waals surface area contributed by atoms with Crippen LogP contribution in [0.25, 0.3) is 0 Å². The largest absolute Gasteiger partial charge is 0.374 e. The molecule has 0 aliphatic carbocycles. The fourth-order valence-electron chi connectivity index (χ4n) is 2.39. The molecule has 1 heterocycles. The van der Waals surface area contributed by atoms with Gasteiger partial charge in [0.25, 0.3) is 0 Å². The lowest BCUT2D eigenvalue weighted by molar-refractivity contribution is -0.0377. The van der Waals surface area contributed by atoms with Crippen molar-refractivity contribution in [2.45, 2.75) is 52.7 Å². The normalized spacial score (nSPS) is 13.8. The van der Waals surface area contributed by atoms with E-state index in [1.807, 2.05) is 20.9 Å². The summed E-state index contributed by atoms with van der Waals surface area (Å²) < 4.78 is 7.60. The van der Waals surface area contributed by atoms with Crippen molar-refractivity contribution in [1.82, 2.24) is 15.1 Å². The summed E-state index contributed by atoms with van der Waals surface area (Å²) in [5.41, 5.74) is 1.85. The van der Waals surface area contributed by atoms with Gasteiger partial charge in [0.1, 0.15) is 5.15 Å². The molecule has 1 atom stereocenters. The zero-order chi connectivity index (χ0) is 14.6. The number of hydrogen-bond acceptors (Lipinski definition) is 3. The van der Waals surface area contributed by atoms with Crippen LogP contribution in [0.2, 0.25) is 5.15 Å². The Kier molecular flexibility index (Phi) is 5.83. The maximum Gasteiger partial charge on any atom is 0.130 e. The Morgan fingerprint density at radius 3 is 2.47 bits per heavy atom. The number of halogens is 1. The number of aromatic nitrogens is 2. The second-order valence-corrected chi connectivity index (χ2v) is 5.69. The Balaban J connectivity index is 2.95. The Labute approximate surface area is 121 Å². The van der Waals surface area contributed by atoms with Gasteiger partial charge in [-0.05, 0) is 40.7 Å². The summed E-state index contributed by atoms with van der Waals surface area (Å²) in [4.78, 5) is 0. The van der Waals surface area contributed by atoms with Gasteiger partial charge in [0.15, 0.2) is 0 Å². The van der Waals surface area contributed by atoms with Gasteiger partial charge >= 0.3 is 0 Å². The van der Waals surface area contributed by atoms with E-state index in [0.29, 0.717) is 11.8 Å². The number of rotatable bonds is 7. The third-order valence-electron chi connectivity index (χ3n) is 3.48. The minimum Gasteiger partial charge on any atom is -0.374 e. The van der Waals surface area contributed by atoms with Crippen LogP contribution in [0.4, 0.5) is 0 Å². The lowest BCUT2D eigenvalue weighted by Crippen LogP contribution is -2.50. The van der Waals surface area contributed by atoms with E-state index in [1.165, 1.54) is 0 Å². The molecular formula is C14H26ClN3O. The Bertz CT molecular complexity index is 415. The van der Waals surface area contributed by atoms with Crippen molar-refractivity contribution >= 4 is 11.6 Å². The van der Waals surface area contributed by atoms with Gasteiger partial charge in [0, 0.05) is 25.3 Å². The molecule has 0 saturated carbocycles. The first-order valence-corrected chi connectivity index (χ1v) is 7.26. The van der Waals surface area contributed by atoms with Crippen molar-refractivity contribution in [1.29, 1.82) is 0 Å². The SMILES string of the molecule is CCNC(Cc1c(C)nn(C)c1Cl)C(C)(C)OCC. The van der Waals surface area contributed by atoms with E-state index in [2.05, 4.69) is 31.2 Å². The molecule has 0 spiro atoms. The highest BCUT2D eigenvalue weighted by Crippen LogP contribution is 2.25. The average molecular weight is 288 g/mol. The molecule has 0 aliphatic rings. The second kappa shape index (κ2) is 6.73. The highest BCUT2D eigenvalue weighted by atomic mass is 35.5. The molecule has 0 fully saturated rings. The van der Waals surface area contributed by atoms with Crippen LogP contribution in [0, 0.1) is 6.92 Å². The molecule has 1 aromatic rings.